The molecule has 16 heavy (non-hydrogen) atoms. The molecule has 0 bridgehead atoms. The lowest BCUT2D eigenvalue weighted by atomic mass is 10.1. The fourth-order valence-corrected chi connectivity index (χ4v) is 2.72. The Labute approximate surface area is 107 Å². The Balaban J connectivity index is 2.31. The summed E-state index contributed by atoms with van der Waals surface area (Å²) in [6, 6.07) is 11.5. The SMILES string of the molecule is OC1c2ccc(Cl)cc2-c2ccc(Br)cc21. The Bertz CT molecular complexity index is 580. The molecule has 3 rings (SSSR count). The molecule has 0 radical (unpaired) electrons. The van der Waals surface area contributed by atoms with Crippen molar-refractivity contribution >= 4 is 27.5 Å². The van der Waals surface area contributed by atoms with Gasteiger partial charge in [0.15, 0.2) is 0 Å². The third-order valence-electron chi connectivity index (χ3n) is 2.91. The molecule has 0 amide bonds. The second-order valence-electron chi connectivity index (χ2n) is 3.87. The summed E-state index contributed by atoms with van der Waals surface area (Å²) in [6.45, 7) is 0. The average molecular weight is 296 g/mol. The molecule has 0 saturated carbocycles. The van der Waals surface area contributed by atoms with Crippen LogP contribution in [0.4, 0.5) is 0 Å². The first-order chi connectivity index (χ1) is 7.66. The third-order valence-corrected chi connectivity index (χ3v) is 3.64. The van der Waals surface area contributed by atoms with Crippen molar-refractivity contribution in [3.05, 3.63) is 57.0 Å². The maximum absolute atomic E-state index is 10.2. The number of halogens is 2. The Hall–Kier alpha value is -0.830. The van der Waals surface area contributed by atoms with Crippen molar-refractivity contribution in [3.63, 3.8) is 0 Å². The fraction of sp³-hybridized carbons (Fsp3) is 0.0769. The van der Waals surface area contributed by atoms with E-state index in [-0.39, 0.29) is 0 Å². The van der Waals surface area contributed by atoms with Crippen LogP contribution in [0.2, 0.25) is 5.02 Å². The van der Waals surface area contributed by atoms with Crippen LogP contribution in [-0.2, 0) is 0 Å². The van der Waals surface area contributed by atoms with Gasteiger partial charge in [0.05, 0.1) is 0 Å². The molecule has 1 nitrogen and oxygen atoms in total. The number of hydrogen-bond acceptors (Lipinski definition) is 1. The molecule has 80 valence electrons. The van der Waals surface area contributed by atoms with Gasteiger partial charge in [0, 0.05) is 9.50 Å². The normalized spacial score (nSPS) is 17.1. The first-order valence-corrected chi connectivity index (χ1v) is 6.11. The molecular weight excluding hydrogens is 287 g/mol. The number of aliphatic hydroxyl groups is 1. The molecule has 2 aromatic carbocycles. The summed E-state index contributed by atoms with van der Waals surface area (Å²) in [5.41, 5.74) is 3.96. The van der Waals surface area contributed by atoms with Crippen molar-refractivity contribution in [3.8, 4) is 11.1 Å². The summed E-state index contributed by atoms with van der Waals surface area (Å²) in [6.07, 6.45) is -0.542. The van der Waals surface area contributed by atoms with E-state index in [0.717, 1.165) is 26.7 Å². The molecule has 2 aromatic rings. The molecular formula is C13H8BrClO. The first kappa shape index (κ1) is 10.3. The van der Waals surface area contributed by atoms with Crippen LogP contribution in [0.3, 0.4) is 0 Å². The molecule has 3 heteroatoms. The molecule has 0 aromatic heterocycles. The quantitative estimate of drug-likeness (QED) is 0.773. The van der Waals surface area contributed by atoms with Gasteiger partial charge in [-0.1, -0.05) is 39.7 Å². The lowest BCUT2D eigenvalue weighted by Gasteiger charge is -2.05. The lowest BCUT2D eigenvalue weighted by molar-refractivity contribution is 0.225. The molecule has 0 spiro atoms. The minimum atomic E-state index is -0.542. The van der Waals surface area contributed by atoms with E-state index in [4.69, 9.17) is 11.6 Å². The Morgan fingerprint density at radius 2 is 1.81 bits per heavy atom. The van der Waals surface area contributed by atoms with E-state index in [1.54, 1.807) is 0 Å². The highest BCUT2D eigenvalue weighted by Gasteiger charge is 2.26. The standard InChI is InChI=1S/C13H8BrClO/c14-7-1-3-9-11-6-8(15)2-4-10(11)13(16)12(9)5-7/h1-6,13,16H. The van der Waals surface area contributed by atoms with Crippen LogP contribution in [-0.4, -0.2) is 5.11 Å². The first-order valence-electron chi connectivity index (χ1n) is 4.94. The lowest BCUT2D eigenvalue weighted by Crippen LogP contribution is -1.93. The van der Waals surface area contributed by atoms with E-state index in [0.29, 0.717) is 5.02 Å². The van der Waals surface area contributed by atoms with Crippen molar-refractivity contribution in [2.45, 2.75) is 6.10 Å². The maximum Gasteiger partial charge on any atom is 0.105 e. The largest absolute Gasteiger partial charge is 0.384 e. The van der Waals surface area contributed by atoms with Gasteiger partial charge in [-0.3, -0.25) is 0 Å². The Morgan fingerprint density at radius 3 is 2.62 bits per heavy atom. The van der Waals surface area contributed by atoms with Crippen LogP contribution in [0.5, 0.6) is 0 Å². The summed E-state index contributed by atoms with van der Waals surface area (Å²) in [5.74, 6) is 0. The number of fused-ring (bicyclic) bond motifs is 3. The highest BCUT2D eigenvalue weighted by molar-refractivity contribution is 9.10. The summed E-state index contributed by atoms with van der Waals surface area (Å²) in [7, 11) is 0. The summed E-state index contributed by atoms with van der Waals surface area (Å²) >= 11 is 9.39. The summed E-state index contributed by atoms with van der Waals surface area (Å²) in [4.78, 5) is 0. The van der Waals surface area contributed by atoms with Crippen LogP contribution in [0.25, 0.3) is 11.1 Å². The second-order valence-corrected chi connectivity index (χ2v) is 5.22. The number of hydrogen-bond donors (Lipinski definition) is 1. The van der Waals surface area contributed by atoms with Gasteiger partial charge in [-0.25, -0.2) is 0 Å². The molecule has 0 aliphatic heterocycles. The molecule has 0 heterocycles. The van der Waals surface area contributed by atoms with E-state index in [9.17, 15) is 5.11 Å². The Morgan fingerprint density at radius 1 is 1.00 bits per heavy atom. The Kier molecular flexibility index (Phi) is 2.32. The van der Waals surface area contributed by atoms with Crippen molar-refractivity contribution in [1.82, 2.24) is 0 Å². The van der Waals surface area contributed by atoms with E-state index >= 15 is 0 Å². The van der Waals surface area contributed by atoms with Gasteiger partial charge < -0.3 is 5.11 Å². The number of benzene rings is 2. The van der Waals surface area contributed by atoms with Crippen LogP contribution < -0.4 is 0 Å². The van der Waals surface area contributed by atoms with Crippen molar-refractivity contribution in [1.29, 1.82) is 0 Å². The van der Waals surface area contributed by atoms with E-state index in [1.165, 1.54) is 0 Å². The molecule has 1 atom stereocenters. The molecule has 1 unspecified atom stereocenters. The number of aliphatic hydroxyl groups excluding tert-OH is 1. The molecule has 0 fully saturated rings. The molecule has 1 N–H and O–H groups in total. The minimum Gasteiger partial charge on any atom is -0.384 e. The molecule has 1 aliphatic rings. The monoisotopic (exact) mass is 294 g/mol. The van der Waals surface area contributed by atoms with Crippen molar-refractivity contribution < 1.29 is 5.11 Å². The van der Waals surface area contributed by atoms with Crippen LogP contribution >= 0.6 is 27.5 Å². The van der Waals surface area contributed by atoms with Gasteiger partial charge in [0.2, 0.25) is 0 Å². The third kappa shape index (κ3) is 1.41. The van der Waals surface area contributed by atoms with Crippen LogP contribution in [0, 0.1) is 0 Å². The zero-order valence-corrected chi connectivity index (χ0v) is 10.6. The predicted octanol–water partition coefficient (Wildman–Crippen LogP) is 4.16. The number of rotatable bonds is 0. The highest BCUT2D eigenvalue weighted by Crippen LogP contribution is 2.45. The average Bonchev–Trinajstić information content (AvgIpc) is 2.52. The zero-order valence-electron chi connectivity index (χ0n) is 8.24. The predicted molar refractivity (Wildman–Crippen MR) is 68.6 cm³/mol. The topological polar surface area (TPSA) is 20.2 Å². The molecule has 1 aliphatic carbocycles. The summed E-state index contributed by atoms with van der Waals surface area (Å²) in [5, 5.41) is 10.9. The van der Waals surface area contributed by atoms with Gasteiger partial charge >= 0.3 is 0 Å². The van der Waals surface area contributed by atoms with E-state index in [1.807, 2.05) is 36.4 Å². The van der Waals surface area contributed by atoms with E-state index in [2.05, 4.69) is 15.9 Å². The van der Waals surface area contributed by atoms with Gasteiger partial charge in [-0.2, -0.15) is 0 Å². The van der Waals surface area contributed by atoms with Gasteiger partial charge in [-0.15, -0.1) is 0 Å². The van der Waals surface area contributed by atoms with Crippen LogP contribution in [0.15, 0.2) is 40.9 Å². The van der Waals surface area contributed by atoms with Crippen LogP contribution in [0.1, 0.15) is 17.2 Å². The second kappa shape index (κ2) is 3.59. The smallest absolute Gasteiger partial charge is 0.105 e. The maximum atomic E-state index is 10.2. The molecule has 0 saturated heterocycles. The summed E-state index contributed by atoms with van der Waals surface area (Å²) < 4.78 is 0.976. The highest BCUT2D eigenvalue weighted by atomic mass is 79.9. The zero-order chi connectivity index (χ0) is 11.3. The van der Waals surface area contributed by atoms with Gasteiger partial charge in [0.25, 0.3) is 0 Å². The minimum absolute atomic E-state index is 0.542. The van der Waals surface area contributed by atoms with Crippen molar-refractivity contribution in [2.75, 3.05) is 0 Å². The van der Waals surface area contributed by atoms with Gasteiger partial charge in [0.1, 0.15) is 6.10 Å². The van der Waals surface area contributed by atoms with Gasteiger partial charge in [-0.05, 0) is 46.5 Å². The van der Waals surface area contributed by atoms with E-state index < -0.39 is 6.10 Å². The fourth-order valence-electron chi connectivity index (χ4n) is 2.17. The van der Waals surface area contributed by atoms with Crippen molar-refractivity contribution in [2.24, 2.45) is 0 Å².